The number of aliphatic carboxylic acids is 1. The highest BCUT2D eigenvalue weighted by Crippen LogP contribution is 2.39. The van der Waals surface area contributed by atoms with Gasteiger partial charge in [0.25, 0.3) is 0 Å². The number of aromatic nitrogens is 2. The quantitative estimate of drug-likeness (QED) is 0.422. The molecule has 174 valence electrons. The Morgan fingerprint density at radius 1 is 0.970 bits per heavy atom. The van der Waals surface area contributed by atoms with Gasteiger partial charge in [-0.1, -0.05) is 74.5 Å². The fourth-order valence-electron chi connectivity index (χ4n) is 4.93. The summed E-state index contributed by atoms with van der Waals surface area (Å²) < 4.78 is 7.59. The molecular formula is C28H34N2O3. The van der Waals surface area contributed by atoms with Crippen LogP contribution >= 0.6 is 0 Å². The molecule has 1 fully saturated rings. The Morgan fingerprint density at radius 3 is 2.12 bits per heavy atom. The summed E-state index contributed by atoms with van der Waals surface area (Å²) in [5.74, 6) is 0.446. The topological polar surface area (TPSA) is 64.4 Å². The van der Waals surface area contributed by atoms with Crippen LogP contribution in [0.2, 0.25) is 0 Å². The second-order valence-corrected chi connectivity index (χ2v) is 9.47. The van der Waals surface area contributed by atoms with E-state index >= 15 is 0 Å². The second kappa shape index (κ2) is 10.8. The van der Waals surface area contributed by atoms with Gasteiger partial charge in [0.1, 0.15) is 6.61 Å². The van der Waals surface area contributed by atoms with E-state index in [1.54, 1.807) is 0 Å². The van der Waals surface area contributed by atoms with Crippen molar-refractivity contribution in [3.63, 3.8) is 0 Å². The Labute approximate surface area is 196 Å². The first-order chi connectivity index (χ1) is 16.0. The third kappa shape index (κ3) is 5.72. The minimum absolute atomic E-state index is 0.201. The first-order valence-electron chi connectivity index (χ1n) is 12.0. The maximum absolute atomic E-state index is 10.7. The number of hydrogen-bond acceptors (Lipinski definition) is 3. The SMILES string of the molecule is CC(C)c1nn(CC2CCC(COCC(=O)O)CC2)c(-c2ccccc2)c1-c1ccccc1. The first-order valence-corrected chi connectivity index (χ1v) is 12.0. The molecule has 5 heteroatoms. The first kappa shape index (κ1) is 23.2. The largest absolute Gasteiger partial charge is 0.480 e. The molecule has 1 aromatic heterocycles. The molecule has 1 saturated carbocycles. The highest BCUT2D eigenvalue weighted by Gasteiger charge is 2.26. The number of ether oxygens (including phenoxy) is 1. The van der Waals surface area contributed by atoms with Crippen molar-refractivity contribution in [2.45, 2.75) is 52.0 Å². The molecule has 0 unspecified atom stereocenters. The van der Waals surface area contributed by atoms with Crippen LogP contribution < -0.4 is 0 Å². The van der Waals surface area contributed by atoms with Crippen LogP contribution in [0.4, 0.5) is 0 Å². The van der Waals surface area contributed by atoms with Crippen LogP contribution in [0.3, 0.4) is 0 Å². The van der Waals surface area contributed by atoms with E-state index in [1.807, 2.05) is 0 Å². The van der Waals surface area contributed by atoms with E-state index in [9.17, 15) is 4.79 Å². The van der Waals surface area contributed by atoms with Crippen molar-refractivity contribution in [2.75, 3.05) is 13.2 Å². The maximum Gasteiger partial charge on any atom is 0.329 e. The van der Waals surface area contributed by atoms with Gasteiger partial charge >= 0.3 is 5.97 Å². The van der Waals surface area contributed by atoms with Crippen molar-refractivity contribution in [1.82, 2.24) is 9.78 Å². The Hall–Kier alpha value is -2.92. The standard InChI is InChI=1S/C28H34N2O3/c1-20(2)27-26(23-9-5-3-6-10-23)28(24-11-7-4-8-12-24)30(29-27)17-21-13-15-22(16-14-21)18-33-19-25(31)32/h3-12,20-22H,13-19H2,1-2H3,(H,31,32). The summed E-state index contributed by atoms with van der Waals surface area (Å²) in [4.78, 5) is 10.7. The molecule has 3 aromatic rings. The summed E-state index contributed by atoms with van der Waals surface area (Å²) in [5.41, 5.74) is 6.01. The van der Waals surface area contributed by atoms with E-state index in [2.05, 4.69) is 79.2 Å². The van der Waals surface area contributed by atoms with Gasteiger partial charge in [-0.3, -0.25) is 4.68 Å². The average molecular weight is 447 g/mol. The number of carboxylic acids is 1. The van der Waals surface area contributed by atoms with Crippen molar-refractivity contribution in [2.24, 2.45) is 11.8 Å². The Bertz CT molecular complexity index is 1040. The van der Waals surface area contributed by atoms with Gasteiger partial charge in [-0.05, 0) is 49.0 Å². The number of carbonyl (C=O) groups is 1. The highest BCUT2D eigenvalue weighted by atomic mass is 16.5. The molecule has 1 aliphatic carbocycles. The molecule has 33 heavy (non-hydrogen) atoms. The molecule has 0 spiro atoms. The second-order valence-electron chi connectivity index (χ2n) is 9.47. The smallest absolute Gasteiger partial charge is 0.329 e. The van der Waals surface area contributed by atoms with Crippen molar-refractivity contribution in [3.05, 3.63) is 66.4 Å². The predicted octanol–water partition coefficient (Wildman–Crippen LogP) is 6.25. The van der Waals surface area contributed by atoms with Crippen molar-refractivity contribution in [1.29, 1.82) is 0 Å². The van der Waals surface area contributed by atoms with Crippen LogP contribution in [0.1, 0.15) is 51.1 Å². The van der Waals surface area contributed by atoms with E-state index in [1.165, 1.54) is 22.4 Å². The van der Waals surface area contributed by atoms with Gasteiger partial charge in [0.15, 0.2) is 0 Å². The Balaban J connectivity index is 1.59. The lowest BCUT2D eigenvalue weighted by Crippen LogP contribution is -2.23. The number of carboxylic acid groups (broad SMARTS) is 1. The zero-order chi connectivity index (χ0) is 23.2. The summed E-state index contributed by atoms with van der Waals surface area (Å²) in [6.07, 6.45) is 4.39. The third-order valence-corrected chi connectivity index (χ3v) is 6.61. The van der Waals surface area contributed by atoms with Crippen LogP contribution in [0.25, 0.3) is 22.4 Å². The lowest BCUT2D eigenvalue weighted by atomic mass is 9.82. The van der Waals surface area contributed by atoms with Gasteiger partial charge in [0, 0.05) is 17.7 Å². The molecule has 4 rings (SSSR count). The monoisotopic (exact) mass is 446 g/mol. The van der Waals surface area contributed by atoms with Gasteiger partial charge in [-0.25, -0.2) is 4.79 Å². The van der Waals surface area contributed by atoms with Gasteiger partial charge in [-0.15, -0.1) is 0 Å². The van der Waals surface area contributed by atoms with Crippen LogP contribution in [0.15, 0.2) is 60.7 Å². The minimum Gasteiger partial charge on any atom is -0.480 e. The van der Waals surface area contributed by atoms with E-state index in [-0.39, 0.29) is 6.61 Å². The highest BCUT2D eigenvalue weighted by molar-refractivity contribution is 5.83. The predicted molar refractivity (Wildman–Crippen MR) is 131 cm³/mol. The molecule has 1 N–H and O–H groups in total. The molecule has 0 amide bonds. The fourth-order valence-corrected chi connectivity index (χ4v) is 4.93. The van der Waals surface area contributed by atoms with E-state index in [0.717, 1.165) is 37.9 Å². The molecule has 1 aliphatic rings. The number of rotatable bonds is 9. The van der Waals surface area contributed by atoms with Crippen LogP contribution in [0.5, 0.6) is 0 Å². The molecular weight excluding hydrogens is 412 g/mol. The lowest BCUT2D eigenvalue weighted by Gasteiger charge is -2.28. The summed E-state index contributed by atoms with van der Waals surface area (Å²) >= 11 is 0. The number of nitrogens with zero attached hydrogens (tertiary/aromatic N) is 2. The molecule has 0 aliphatic heterocycles. The van der Waals surface area contributed by atoms with Crippen LogP contribution in [-0.4, -0.2) is 34.1 Å². The molecule has 1 heterocycles. The van der Waals surface area contributed by atoms with Gasteiger partial charge in [-0.2, -0.15) is 5.10 Å². The minimum atomic E-state index is -0.897. The van der Waals surface area contributed by atoms with E-state index in [4.69, 9.17) is 14.9 Å². The molecule has 0 atom stereocenters. The zero-order valence-electron chi connectivity index (χ0n) is 19.6. The summed E-state index contributed by atoms with van der Waals surface area (Å²) in [5, 5.41) is 14.0. The summed E-state index contributed by atoms with van der Waals surface area (Å²) in [6.45, 7) is 5.69. The lowest BCUT2D eigenvalue weighted by molar-refractivity contribution is -0.142. The third-order valence-electron chi connectivity index (χ3n) is 6.61. The Morgan fingerprint density at radius 2 is 1.55 bits per heavy atom. The van der Waals surface area contributed by atoms with E-state index < -0.39 is 5.97 Å². The normalized spacial score (nSPS) is 18.5. The maximum atomic E-state index is 10.7. The fraction of sp³-hybridized carbons (Fsp3) is 0.429. The van der Waals surface area contributed by atoms with E-state index in [0.29, 0.717) is 24.4 Å². The van der Waals surface area contributed by atoms with Gasteiger partial charge < -0.3 is 9.84 Å². The molecule has 5 nitrogen and oxygen atoms in total. The number of benzene rings is 2. The number of hydrogen-bond donors (Lipinski definition) is 1. The molecule has 0 saturated heterocycles. The molecule has 0 radical (unpaired) electrons. The Kier molecular flexibility index (Phi) is 7.61. The van der Waals surface area contributed by atoms with Crippen LogP contribution in [0, 0.1) is 11.8 Å². The van der Waals surface area contributed by atoms with Crippen molar-refractivity contribution >= 4 is 5.97 Å². The van der Waals surface area contributed by atoms with Gasteiger partial charge in [0.2, 0.25) is 0 Å². The van der Waals surface area contributed by atoms with Crippen LogP contribution in [-0.2, 0) is 16.1 Å². The van der Waals surface area contributed by atoms with Crippen molar-refractivity contribution in [3.8, 4) is 22.4 Å². The average Bonchev–Trinajstić information content (AvgIpc) is 3.20. The zero-order valence-corrected chi connectivity index (χ0v) is 19.6. The summed E-state index contributed by atoms with van der Waals surface area (Å²) in [6, 6.07) is 21.2. The molecule has 0 bridgehead atoms. The van der Waals surface area contributed by atoms with Crippen molar-refractivity contribution < 1.29 is 14.6 Å². The molecule has 2 aromatic carbocycles. The van der Waals surface area contributed by atoms with Gasteiger partial charge in [0.05, 0.1) is 18.0 Å². The summed E-state index contributed by atoms with van der Waals surface area (Å²) in [7, 11) is 0.